The molecule has 0 saturated carbocycles. The third-order valence-corrected chi connectivity index (χ3v) is 2.83. The van der Waals surface area contributed by atoms with Crippen LogP contribution < -0.4 is 5.32 Å². The molecular weight excluding hydrogens is 206 g/mol. The summed E-state index contributed by atoms with van der Waals surface area (Å²) in [6.07, 6.45) is 5.55. The Morgan fingerprint density at radius 1 is 1.38 bits per heavy atom. The predicted octanol–water partition coefficient (Wildman–Crippen LogP) is 0.261. The van der Waals surface area contributed by atoms with Crippen LogP contribution in [0.3, 0.4) is 0 Å². The van der Waals surface area contributed by atoms with Crippen LogP contribution >= 0.6 is 0 Å². The van der Waals surface area contributed by atoms with Crippen LogP contribution in [0.1, 0.15) is 32.0 Å². The molecule has 5 heteroatoms. The van der Waals surface area contributed by atoms with Gasteiger partial charge < -0.3 is 10.2 Å². The fourth-order valence-electron chi connectivity index (χ4n) is 1.53. The number of nitrogens with zero attached hydrogens (tertiary/aromatic N) is 2. The molecule has 1 atom stereocenters. The molecule has 0 bridgehead atoms. The summed E-state index contributed by atoms with van der Waals surface area (Å²) in [6.45, 7) is 3.64. The zero-order chi connectivity index (χ0) is 12.0. The summed E-state index contributed by atoms with van der Waals surface area (Å²) in [4.78, 5) is 8.16. The average Bonchev–Trinajstić information content (AvgIpc) is 2.37. The van der Waals surface area contributed by atoms with Gasteiger partial charge in [-0.1, -0.05) is 6.92 Å². The van der Waals surface area contributed by atoms with Gasteiger partial charge in [0, 0.05) is 24.6 Å². The van der Waals surface area contributed by atoms with Crippen molar-refractivity contribution < 1.29 is 10.2 Å². The van der Waals surface area contributed by atoms with Crippen LogP contribution in [0.4, 0.5) is 0 Å². The number of aromatic nitrogens is 2. The summed E-state index contributed by atoms with van der Waals surface area (Å²) < 4.78 is 0. The summed E-state index contributed by atoms with van der Waals surface area (Å²) >= 11 is 0. The van der Waals surface area contributed by atoms with E-state index in [0.717, 1.165) is 5.69 Å². The standard InChI is InChI=1S/C11H19N3O2/c1-3-11(7-15,8-16)14-9(2)10-6-12-4-5-13-10/h4-6,9,14-16H,3,7-8H2,1-2H3. The van der Waals surface area contributed by atoms with Crippen LogP contribution in [0.2, 0.25) is 0 Å². The topological polar surface area (TPSA) is 78.3 Å². The first-order chi connectivity index (χ1) is 7.67. The Hall–Kier alpha value is -1.04. The highest BCUT2D eigenvalue weighted by molar-refractivity contribution is 5.03. The van der Waals surface area contributed by atoms with E-state index < -0.39 is 5.54 Å². The minimum absolute atomic E-state index is 0.0621. The Labute approximate surface area is 95.6 Å². The monoisotopic (exact) mass is 225 g/mol. The zero-order valence-corrected chi connectivity index (χ0v) is 9.72. The fourth-order valence-corrected chi connectivity index (χ4v) is 1.53. The molecule has 1 rings (SSSR count). The van der Waals surface area contributed by atoms with E-state index in [-0.39, 0.29) is 19.3 Å². The van der Waals surface area contributed by atoms with E-state index in [1.807, 2.05) is 13.8 Å². The third kappa shape index (κ3) is 2.98. The number of hydrogen-bond acceptors (Lipinski definition) is 5. The van der Waals surface area contributed by atoms with Crippen LogP contribution in [-0.2, 0) is 0 Å². The molecule has 0 aliphatic heterocycles. The van der Waals surface area contributed by atoms with Crippen molar-refractivity contribution in [2.45, 2.75) is 31.8 Å². The lowest BCUT2D eigenvalue weighted by molar-refractivity contribution is 0.0788. The second-order valence-electron chi connectivity index (χ2n) is 3.95. The van der Waals surface area contributed by atoms with Gasteiger partial charge in [0.15, 0.2) is 0 Å². The summed E-state index contributed by atoms with van der Waals surface area (Å²) in [5, 5.41) is 21.8. The quantitative estimate of drug-likeness (QED) is 0.647. The Morgan fingerprint density at radius 3 is 2.50 bits per heavy atom. The Kier molecular flexibility index (Phi) is 4.79. The molecule has 0 fully saturated rings. The van der Waals surface area contributed by atoms with Gasteiger partial charge in [-0.15, -0.1) is 0 Å². The molecule has 1 aromatic rings. The molecule has 3 N–H and O–H groups in total. The maximum atomic E-state index is 9.31. The molecule has 1 aromatic heterocycles. The van der Waals surface area contributed by atoms with Crippen molar-refractivity contribution in [2.75, 3.05) is 13.2 Å². The first-order valence-electron chi connectivity index (χ1n) is 5.43. The van der Waals surface area contributed by atoms with Crippen molar-refractivity contribution >= 4 is 0 Å². The van der Waals surface area contributed by atoms with Crippen molar-refractivity contribution in [1.82, 2.24) is 15.3 Å². The summed E-state index contributed by atoms with van der Waals surface area (Å²) in [7, 11) is 0. The van der Waals surface area contributed by atoms with Crippen molar-refractivity contribution in [3.05, 3.63) is 24.3 Å². The predicted molar refractivity (Wildman–Crippen MR) is 60.8 cm³/mol. The maximum Gasteiger partial charge on any atom is 0.0753 e. The van der Waals surface area contributed by atoms with Gasteiger partial charge >= 0.3 is 0 Å². The van der Waals surface area contributed by atoms with Gasteiger partial charge in [-0.3, -0.25) is 15.3 Å². The van der Waals surface area contributed by atoms with Crippen molar-refractivity contribution in [3.63, 3.8) is 0 Å². The van der Waals surface area contributed by atoms with E-state index in [1.165, 1.54) is 0 Å². The lowest BCUT2D eigenvalue weighted by atomic mass is 9.97. The van der Waals surface area contributed by atoms with E-state index in [0.29, 0.717) is 6.42 Å². The van der Waals surface area contributed by atoms with E-state index >= 15 is 0 Å². The van der Waals surface area contributed by atoms with Gasteiger partial charge in [0.05, 0.1) is 24.4 Å². The number of nitrogens with one attached hydrogen (secondary N) is 1. The molecule has 90 valence electrons. The molecule has 1 heterocycles. The molecule has 0 aliphatic rings. The minimum Gasteiger partial charge on any atom is -0.394 e. The van der Waals surface area contributed by atoms with Gasteiger partial charge in [-0.25, -0.2) is 0 Å². The molecule has 0 amide bonds. The molecule has 0 saturated heterocycles. The molecule has 16 heavy (non-hydrogen) atoms. The average molecular weight is 225 g/mol. The fraction of sp³-hybridized carbons (Fsp3) is 0.636. The van der Waals surface area contributed by atoms with Crippen LogP contribution in [0.15, 0.2) is 18.6 Å². The van der Waals surface area contributed by atoms with Crippen molar-refractivity contribution in [1.29, 1.82) is 0 Å². The minimum atomic E-state index is -0.656. The van der Waals surface area contributed by atoms with Crippen LogP contribution in [0.25, 0.3) is 0 Å². The second-order valence-corrected chi connectivity index (χ2v) is 3.95. The Bertz CT molecular complexity index is 293. The van der Waals surface area contributed by atoms with E-state index in [2.05, 4.69) is 15.3 Å². The molecule has 0 spiro atoms. The van der Waals surface area contributed by atoms with E-state index in [9.17, 15) is 10.2 Å². The first kappa shape index (κ1) is 13.0. The molecule has 5 nitrogen and oxygen atoms in total. The van der Waals surface area contributed by atoms with Gasteiger partial charge in [0.2, 0.25) is 0 Å². The van der Waals surface area contributed by atoms with Crippen molar-refractivity contribution in [2.24, 2.45) is 0 Å². The highest BCUT2D eigenvalue weighted by Crippen LogP contribution is 2.16. The number of aliphatic hydroxyl groups excluding tert-OH is 2. The normalized spacial score (nSPS) is 13.8. The number of aliphatic hydroxyl groups is 2. The molecule has 0 aromatic carbocycles. The number of rotatable bonds is 6. The number of hydrogen-bond donors (Lipinski definition) is 3. The summed E-state index contributed by atoms with van der Waals surface area (Å²) in [6, 6.07) is -0.0621. The summed E-state index contributed by atoms with van der Waals surface area (Å²) in [5.41, 5.74) is 0.138. The SMILES string of the molecule is CCC(CO)(CO)NC(C)c1cnccn1. The van der Waals surface area contributed by atoms with Crippen LogP contribution in [-0.4, -0.2) is 38.9 Å². The van der Waals surface area contributed by atoms with Gasteiger partial charge in [-0.2, -0.15) is 0 Å². The smallest absolute Gasteiger partial charge is 0.0753 e. The Balaban J connectivity index is 2.73. The largest absolute Gasteiger partial charge is 0.394 e. The molecular formula is C11H19N3O2. The van der Waals surface area contributed by atoms with E-state index in [4.69, 9.17) is 0 Å². The zero-order valence-electron chi connectivity index (χ0n) is 9.72. The van der Waals surface area contributed by atoms with Gasteiger partial charge in [0.25, 0.3) is 0 Å². The maximum absolute atomic E-state index is 9.31. The van der Waals surface area contributed by atoms with Crippen LogP contribution in [0.5, 0.6) is 0 Å². The molecule has 1 unspecified atom stereocenters. The highest BCUT2D eigenvalue weighted by atomic mass is 16.3. The molecule has 0 radical (unpaired) electrons. The van der Waals surface area contributed by atoms with Gasteiger partial charge in [-0.05, 0) is 13.3 Å². The second kappa shape index (κ2) is 5.89. The Morgan fingerprint density at radius 2 is 2.06 bits per heavy atom. The van der Waals surface area contributed by atoms with E-state index in [1.54, 1.807) is 18.6 Å². The lowest BCUT2D eigenvalue weighted by Gasteiger charge is -2.32. The highest BCUT2D eigenvalue weighted by Gasteiger charge is 2.28. The van der Waals surface area contributed by atoms with Gasteiger partial charge in [0.1, 0.15) is 0 Å². The van der Waals surface area contributed by atoms with Crippen LogP contribution in [0, 0.1) is 0 Å². The molecule has 0 aliphatic carbocycles. The summed E-state index contributed by atoms with van der Waals surface area (Å²) in [5.74, 6) is 0. The lowest BCUT2D eigenvalue weighted by Crippen LogP contribution is -2.52. The first-order valence-corrected chi connectivity index (χ1v) is 5.43. The third-order valence-electron chi connectivity index (χ3n) is 2.83. The van der Waals surface area contributed by atoms with Crippen molar-refractivity contribution in [3.8, 4) is 0 Å².